The molecule has 0 unspecified atom stereocenters. The maximum atomic E-state index is 13.6. The summed E-state index contributed by atoms with van der Waals surface area (Å²) in [6.07, 6.45) is 0.697. The van der Waals surface area contributed by atoms with Gasteiger partial charge < -0.3 is 5.32 Å². The van der Waals surface area contributed by atoms with Crippen molar-refractivity contribution in [1.29, 1.82) is 0 Å². The average Bonchev–Trinajstić information content (AvgIpc) is 2.42. The Morgan fingerprint density at radius 2 is 1.84 bits per heavy atom. The van der Waals surface area contributed by atoms with Gasteiger partial charge in [0.15, 0.2) is 5.82 Å². The first-order chi connectivity index (χ1) is 9.11. The summed E-state index contributed by atoms with van der Waals surface area (Å²) < 4.78 is 13.6. The molecule has 0 spiro atoms. The number of nitrogens with one attached hydrogen (secondary N) is 1. The summed E-state index contributed by atoms with van der Waals surface area (Å²) in [5.74, 6) is -1.36. The summed E-state index contributed by atoms with van der Waals surface area (Å²) in [6.45, 7) is 0. The molecule has 2 rings (SSSR count). The fraction of sp³-hybridized carbons (Fsp3) is 0. The minimum absolute atomic E-state index is 0.107. The SMILES string of the molecule is O=Cc1ccc(NC(=O)c2cccc(Cl)c2F)cc1. The molecule has 3 nitrogen and oxygen atoms in total. The third-order valence-corrected chi connectivity index (χ3v) is 2.79. The second-order valence-electron chi connectivity index (χ2n) is 3.80. The van der Waals surface area contributed by atoms with E-state index in [2.05, 4.69) is 5.32 Å². The normalized spacial score (nSPS) is 10.0. The van der Waals surface area contributed by atoms with Crippen LogP contribution in [-0.2, 0) is 0 Å². The Morgan fingerprint density at radius 1 is 1.16 bits per heavy atom. The van der Waals surface area contributed by atoms with E-state index >= 15 is 0 Å². The molecule has 2 aromatic carbocycles. The average molecular weight is 278 g/mol. The van der Waals surface area contributed by atoms with Gasteiger partial charge in [-0.25, -0.2) is 4.39 Å². The summed E-state index contributed by atoms with van der Waals surface area (Å²) in [7, 11) is 0. The molecule has 0 aliphatic rings. The summed E-state index contributed by atoms with van der Waals surface area (Å²) in [6, 6.07) is 10.4. The quantitative estimate of drug-likeness (QED) is 0.872. The van der Waals surface area contributed by atoms with E-state index < -0.39 is 11.7 Å². The number of halogens is 2. The van der Waals surface area contributed by atoms with E-state index in [0.29, 0.717) is 17.5 Å². The lowest BCUT2D eigenvalue weighted by Crippen LogP contribution is -2.13. The third-order valence-electron chi connectivity index (χ3n) is 2.50. The molecule has 1 amide bonds. The van der Waals surface area contributed by atoms with Crippen LogP contribution in [0, 0.1) is 5.82 Å². The van der Waals surface area contributed by atoms with Gasteiger partial charge in [0.25, 0.3) is 5.91 Å². The van der Waals surface area contributed by atoms with Crippen LogP contribution in [0.15, 0.2) is 42.5 Å². The summed E-state index contributed by atoms with van der Waals surface area (Å²) >= 11 is 5.61. The van der Waals surface area contributed by atoms with Gasteiger partial charge in [0, 0.05) is 11.3 Å². The lowest BCUT2D eigenvalue weighted by Gasteiger charge is -2.06. The first-order valence-electron chi connectivity index (χ1n) is 5.42. The summed E-state index contributed by atoms with van der Waals surface area (Å²) in [5, 5.41) is 2.42. The van der Waals surface area contributed by atoms with Crippen LogP contribution in [0.4, 0.5) is 10.1 Å². The van der Waals surface area contributed by atoms with Crippen LogP contribution in [0.3, 0.4) is 0 Å². The van der Waals surface area contributed by atoms with E-state index in [1.807, 2.05) is 0 Å². The smallest absolute Gasteiger partial charge is 0.258 e. The summed E-state index contributed by atoms with van der Waals surface area (Å²) in [5.41, 5.74) is 0.828. The molecule has 0 atom stereocenters. The number of carbonyl (C=O) groups excluding carboxylic acids is 2. The number of amides is 1. The standard InChI is InChI=1S/C14H9ClFNO2/c15-12-3-1-2-11(13(12)16)14(19)17-10-6-4-9(8-18)5-7-10/h1-8H,(H,17,19). The van der Waals surface area contributed by atoms with E-state index in [1.165, 1.54) is 18.2 Å². The first kappa shape index (κ1) is 13.2. The largest absolute Gasteiger partial charge is 0.322 e. The van der Waals surface area contributed by atoms with Crippen molar-refractivity contribution in [2.75, 3.05) is 5.32 Å². The Balaban J connectivity index is 2.20. The Kier molecular flexibility index (Phi) is 3.92. The molecule has 0 bridgehead atoms. The molecule has 5 heteroatoms. The Morgan fingerprint density at radius 3 is 2.47 bits per heavy atom. The van der Waals surface area contributed by atoms with Crippen molar-refractivity contribution in [1.82, 2.24) is 0 Å². The second kappa shape index (κ2) is 5.63. The highest BCUT2D eigenvalue weighted by Crippen LogP contribution is 2.19. The molecule has 1 N–H and O–H groups in total. The molecule has 0 aliphatic heterocycles. The number of carbonyl (C=O) groups is 2. The molecule has 2 aromatic rings. The van der Waals surface area contributed by atoms with Gasteiger partial charge in [0.05, 0.1) is 10.6 Å². The highest BCUT2D eigenvalue weighted by molar-refractivity contribution is 6.31. The van der Waals surface area contributed by atoms with Crippen molar-refractivity contribution in [3.8, 4) is 0 Å². The van der Waals surface area contributed by atoms with Crippen molar-refractivity contribution in [2.45, 2.75) is 0 Å². The van der Waals surface area contributed by atoms with E-state index in [4.69, 9.17) is 11.6 Å². The van der Waals surface area contributed by atoms with E-state index in [9.17, 15) is 14.0 Å². The number of anilines is 1. The third kappa shape index (κ3) is 2.98. The van der Waals surface area contributed by atoms with Crippen molar-refractivity contribution >= 4 is 29.5 Å². The minimum atomic E-state index is -0.758. The van der Waals surface area contributed by atoms with Gasteiger partial charge in [-0.05, 0) is 36.4 Å². The molecule has 0 fully saturated rings. The van der Waals surface area contributed by atoms with E-state index in [1.54, 1.807) is 24.3 Å². The molecule has 19 heavy (non-hydrogen) atoms. The Hall–Kier alpha value is -2.20. The highest BCUT2D eigenvalue weighted by atomic mass is 35.5. The van der Waals surface area contributed by atoms with Crippen molar-refractivity contribution < 1.29 is 14.0 Å². The number of hydrogen-bond acceptors (Lipinski definition) is 2. The van der Waals surface area contributed by atoms with Crippen LogP contribution in [0.2, 0.25) is 5.02 Å². The zero-order chi connectivity index (χ0) is 13.8. The maximum Gasteiger partial charge on any atom is 0.258 e. The molecule has 96 valence electrons. The van der Waals surface area contributed by atoms with Crippen LogP contribution in [0.25, 0.3) is 0 Å². The Bertz CT molecular complexity index is 626. The van der Waals surface area contributed by atoms with Gasteiger partial charge in [-0.1, -0.05) is 17.7 Å². The van der Waals surface area contributed by atoms with Crippen molar-refractivity contribution in [2.24, 2.45) is 0 Å². The van der Waals surface area contributed by atoms with Gasteiger partial charge in [-0.3, -0.25) is 9.59 Å². The topological polar surface area (TPSA) is 46.2 Å². The number of benzene rings is 2. The molecule has 0 saturated carbocycles. The van der Waals surface area contributed by atoms with E-state index in [-0.39, 0.29) is 10.6 Å². The molecular weight excluding hydrogens is 269 g/mol. The number of hydrogen-bond donors (Lipinski definition) is 1. The van der Waals surface area contributed by atoms with E-state index in [0.717, 1.165) is 0 Å². The molecular formula is C14H9ClFNO2. The molecule has 0 aliphatic carbocycles. The van der Waals surface area contributed by atoms with Crippen molar-refractivity contribution in [3.63, 3.8) is 0 Å². The lowest BCUT2D eigenvalue weighted by atomic mass is 10.2. The monoisotopic (exact) mass is 277 g/mol. The van der Waals surface area contributed by atoms with Gasteiger partial charge in [-0.15, -0.1) is 0 Å². The lowest BCUT2D eigenvalue weighted by molar-refractivity contribution is 0.102. The van der Waals surface area contributed by atoms with Crippen LogP contribution < -0.4 is 5.32 Å². The molecule has 0 heterocycles. The van der Waals surface area contributed by atoms with Gasteiger partial charge in [-0.2, -0.15) is 0 Å². The maximum absolute atomic E-state index is 13.6. The molecule has 0 aromatic heterocycles. The summed E-state index contributed by atoms with van der Waals surface area (Å²) in [4.78, 5) is 22.4. The van der Waals surface area contributed by atoms with Crippen LogP contribution in [0.1, 0.15) is 20.7 Å². The molecule has 0 radical (unpaired) electrons. The number of rotatable bonds is 3. The van der Waals surface area contributed by atoms with Gasteiger partial charge in [0.1, 0.15) is 6.29 Å². The van der Waals surface area contributed by atoms with Crippen LogP contribution >= 0.6 is 11.6 Å². The fourth-order valence-electron chi connectivity index (χ4n) is 1.52. The fourth-order valence-corrected chi connectivity index (χ4v) is 1.70. The predicted octanol–water partition coefficient (Wildman–Crippen LogP) is 3.54. The molecule has 0 saturated heterocycles. The van der Waals surface area contributed by atoms with Gasteiger partial charge >= 0.3 is 0 Å². The van der Waals surface area contributed by atoms with Crippen LogP contribution in [0.5, 0.6) is 0 Å². The minimum Gasteiger partial charge on any atom is -0.322 e. The van der Waals surface area contributed by atoms with Gasteiger partial charge in [0.2, 0.25) is 0 Å². The zero-order valence-electron chi connectivity index (χ0n) is 9.69. The second-order valence-corrected chi connectivity index (χ2v) is 4.20. The number of aldehydes is 1. The predicted molar refractivity (Wildman–Crippen MR) is 71.2 cm³/mol. The Labute approximate surface area is 114 Å². The van der Waals surface area contributed by atoms with Crippen LogP contribution in [-0.4, -0.2) is 12.2 Å². The first-order valence-corrected chi connectivity index (χ1v) is 5.80. The van der Waals surface area contributed by atoms with Crippen molar-refractivity contribution in [3.05, 3.63) is 64.4 Å². The highest BCUT2D eigenvalue weighted by Gasteiger charge is 2.14. The zero-order valence-corrected chi connectivity index (χ0v) is 10.4.